The fraction of sp³-hybridized carbons (Fsp3) is 0.429. The lowest BCUT2D eigenvalue weighted by Crippen LogP contribution is -2.35. The molecule has 1 amide bonds. The quantitative estimate of drug-likeness (QED) is 0.845. The van der Waals surface area contributed by atoms with Gasteiger partial charge in [0.1, 0.15) is 5.75 Å². The first-order valence-electron chi connectivity index (χ1n) is 6.20. The molecule has 1 aromatic rings. The Morgan fingerprint density at radius 1 is 1.35 bits per heavy atom. The molecule has 0 aliphatic rings. The second kappa shape index (κ2) is 7.14. The number of carbonyl (C=O) groups excluding carboxylic acids is 1. The van der Waals surface area contributed by atoms with E-state index in [9.17, 15) is 9.59 Å². The van der Waals surface area contributed by atoms with Crippen LogP contribution in [0.5, 0.6) is 5.75 Å². The molecule has 0 aliphatic heterocycles. The van der Waals surface area contributed by atoms with Crippen LogP contribution in [0.4, 0.5) is 0 Å². The van der Waals surface area contributed by atoms with Crippen LogP contribution in [0.25, 0.3) is 0 Å². The minimum Gasteiger partial charge on any atom is -0.496 e. The fourth-order valence-corrected chi connectivity index (χ4v) is 1.91. The first-order valence-corrected chi connectivity index (χ1v) is 6.58. The van der Waals surface area contributed by atoms with Crippen molar-refractivity contribution in [2.24, 2.45) is 11.8 Å². The van der Waals surface area contributed by atoms with Gasteiger partial charge >= 0.3 is 5.97 Å². The zero-order valence-electron chi connectivity index (χ0n) is 11.6. The van der Waals surface area contributed by atoms with Crippen molar-refractivity contribution >= 4 is 23.5 Å². The van der Waals surface area contributed by atoms with Gasteiger partial charge in [0, 0.05) is 23.0 Å². The summed E-state index contributed by atoms with van der Waals surface area (Å²) in [7, 11) is 1.52. The SMILES string of the molecule is COc1cccc(Cl)c1CNC(=O)C(C)C(C)C(=O)O. The molecule has 2 unspecified atom stereocenters. The van der Waals surface area contributed by atoms with Crippen LogP contribution in [0.15, 0.2) is 18.2 Å². The molecule has 6 heteroatoms. The lowest BCUT2D eigenvalue weighted by Gasteiger charge is -2.17. The Hall–Kier alpha value is -1.75. The molecule has 5 nitrogen and oxygen atoms in total. The molecule has 0 radical (unpaired) electrons. The molecule has 0 aliphatic carbocycles. The van der Waals surface area contributed by atoms with Gasteiger partial charge < -0.3 is 15.2 Å². The van der Waals surface area contributed by atoms with E-state index in [0.29, 0.717) is 16.3 Å². The summed E-state index contributed by atoms with van der Waals surface area (Å²) < 4.78 is 5.17. The van der Waals surface area contributed by atoms with Gasteiger partial charge in [-0.15, -0.1) is 0 Å². The molecule has 0 fully saturated rings. The second-order valence-corrected chi connectivity index (χ2v) is 4.96. The lowest BCUT2D eigenvalue weighted by atomic mass is 9.95. The summed E-state index contributed by atoms with van der Waals surface area (Å²) >= 11 is 6.06. The van der Waals surface area contributed by atoms with Crippen molar-refractivity contribution in [3.63, 3.8) is 0 Å². The molecule has 110 valence electrons. The van der Waals surface area contributed by atoms with E-state index in [2.05, 4.69) is 5.32 Å². The molecule has 0 aromatic heterocycles. The molecular weight excluding hydrogens is 282 g/mol. The van der Waals surface area contributed by atoms with Gasteiger partial charge in [-0.1, -0.05) is 31.5 Å². The maximum absolute atomic E-state index is 11.9. The van der Waals surface area contributed by atoms with Crippen molar-refractivity contribution in [3.8, 4) is 5.75 Å². The third-order valence-corrected chi connectivity index (χ3v) is 3.64. The Balaban J connectivity index is 2.73. The first kappa shape index (κ1) is 16.3. The van der Waals surface area contributed by atoms with Crippen molar-refractivity contribution in [3.05, 3.63) is 28.8 Å². The van der Waals surface area contributed by atoms with E-state index in [1.54, 1.807) is 25.1 Å². The third kappa shape index (κ3) is 3.87. The molecule has 0 heterocycles. The molecule has 2 N–H and O–H groups in total. The lowest BCUT2D eigenvalue weighted by molar-refractivity contribution is -0.146. The number of aliphatic carboxylic acids is 1. The molecule has 1 aromatic carbocycles. The number of amides is 1. The van der Waals surface area contributed by atoms with Gasteiger partial charge in [0.25, 0.3) is 0 Å². The molecule has 0 bridgehead atoms. The summed E-state index contributed by atoms with van der Waals surface area (Å²) in [6, 6.07) is 5.20. The summed E-state index contributed by atoms with van der Waals surface area (Å²) in [5.41, 5.74) is 0.667. The number of carbonyl (C=O) groups is 2. The van der Waals surface area contributed by atoms with Crippen molar-refractivity contribution in [1.29, 1.82) is 0 Å². The molecule has 0 saturated heterocycles. The maximum Gasteiger partial charge on any atom is 0.307 e. The van der Waals surface area contributed by atoms with Gasteiger partial charge in [0.15, 0.2) is 0 Å². The van der Waals surface area contributed by atoms with Crippen LogP contribution >= 0.6 is 11.6 Å². The van der Waals surface area contributed by atoms with Crippen molar-refractivity contribution in [1.82, 2.24) is 5.32 Å². The molecule has 0 spiro atoms. The first-order chi connectivity index (χ1) is 9.38. The maximum atomic E-state index is 11.9. The Bertz CT molecular complexity index is 504. The summed E-state index contributed by atoms with van der Waals surface area (Å²) in [5.74, 6) is -2.12. The largest absolute Gasteiger partial charge is 0.496 e. The highest BCUT2D eigenvalue weighted by molar-refractivity contribution is 6.31. The number of halogens is 1. The molecular formula is C14H18ClNO4. The van der Waals surface area contributed by atoms with Gasteiger partial charge in [-0.05, 0) is 12.1 Å². The average molecular weight is 300 g/mol. The Morgan fingerprint density at radius 2 is 2.00 bits per heavy atom. The smallest absolute Gasteiger partial charge is 0.307 e. The van der Waals surface area contributed by atoms with E-state index in [1.165, 1.54) is 14.0 Å². The predicted octanol–water partition coefficient (Wildman–Crippen LogP) is 2.32. The highest BCUT2D eigenvalue weighted by atomic mass is 35.5. The van der Waals surface area contributed by atoms with E-state index in [0.717, 1.165) is 0 Å². The number of ether oxygens (including phenoxy) is 1. The molecule has 0 saturated carbocycles. The van der Waals surface area contributed by atoms with Gasteiger partial charge in [0.05, 0.1) is 13.0 Å². The highest BCUT2D eigenvalue weighted by Gasteiger charge is 2.25. The van der Waals surface area contributed by atoms with Gasteiger partial charge in [-0.3, -0.25) is 9.59 Å². The zero-order valence-corrected chi connectivity index (χ0v) is 12.4. The Kier molecular flexibility index (Phi) is 5.82. The van der Waals surface area contributed by atoms with E-state index in [4.69, 9.17) is 21.4 Å². The number of benzene rings is 1. The second-order valence-electron chi connectivity index (χ2n) is 4.55. The number of carboxylic acids is 1. The summed E-state index contributed by atoms with van der Waals surface area (Å²) in [5, 5.41) is 12.1. The van der Waals surface area contributed by atoms with Crippen LogP contribution in [0, 0.1) is 11.8 Å². The number of methoxy groups -OCH3 is 1. The monoisotopic (exact) mass is 299 g/mol. The number of hydrogen-bond donors (Lipinski definition) is 2. The summed E-state index contributed by atoms with van der Waals surface area (Å²) in [4.78, 5) is 22.8. The van der Waals surface area contributed by atoms with Crippen LogP contribution in [0.1, 0.15) is 19.4 Å². The van der Waals surface area contributed by atoms with Gasteiger partial charge in [0.2, 0.25) is 5.91 Å². The molecule has 20 heavy (non-hydrogen) atoms. The number of hydrogen-bond acceptors (Lipinski definition) is 3. The minimum atomic E-state index is -0.997. The number of rotatable bonds is 6. The summed E-state index contributed by atoms with van der Waals surface area (Å²) in [6.45, 7) is 3.28. The van der Waals surface area contributed by atoms with Crippen LogP contribution in [-0.2, 0) is 16.1 Å². The normalized spacial score (nSPS) is 13.4. The molecule has 2 atom stereocenters. The molecule has 1 rings (SSSR count). The van der Waals surface area contributed by atoms with Crippen LogP contribution in [0.2, 0.25) is 5.02 Å². The van der Waals surface area contributed by atoms with Crippen molar-refractivity contribution in [2.45, 2.75) is 20.4 Å². The van der Waals surface area contributed by atoms with E-state index in [-0.39, 0.29) is 12.5 Å². The van der Waals surface area contributed by atoms with Crippen LogP contribution < -0.4 is 10.1 Å². The zero-order chi connectivity index (χ0) is 15.3. The van der Waals surface area contributed by atoms with Gasteiger partial charge in [-0.2, -0.15) is 0 Å². The number of carboxylic acid groups (broad SMARTS) is 1. The third-order valence-electron chi connectivity index (χ3n) is 3.29. The van der Waals surface area contributed by atoms with Crippen LogP contribution in [0.3, 0.4) is 0 Å². The minimum absolute atomic E-state index is 0.193. The van der Waals surface area contributed by atoms with E-state index >= 15 is 0 Å². The van der Waals surface area contributed by atoms with E-state index < -0.39 is 17.8 Å². The average Bonchev–Trinajstić information content (AvgIpc) is 2.43. The number of nitrogens with one attached hydrogen (secondary N) is 1. The highest BCUT2D eigenvalue weighted by Crippen LogP contribution is 2.26. The topological polar surface area (TPSA) is 75.6 Å². The van der Waals surface area contributed by atoms with E-state index in [1.807, 2.05) is 0 Å². The standard InChI is InChI=1S/C14H18ClNO4/c1-8(9(2)14(18)19)13(17)16-7-10-11(15)5-4-6-12(10)20-3/h4-6,8-9H,7H2,1-3H3,(H,16,17)(H,18,19). The Morgan fingerprint density at radius 3 is 2.55 bits per heavy atom. The van der Waals surface area contributed by atoms with Crippen molar-refractivity contribution in [2.75, 3.05) is 7.11 Å². The van der Waals surface area contributed by atoms with Crippen LogP contribution in [-0.4, -0.2) is 24.1 Å². The van der Waals surface area contributed by atoms with Crippen molar-refractivity contribution < 1.29 is 19.4 Å². The Labute approximate surface area is 122 Å². The fourth-order valence-electron chi connectivity index (χ4n) is 1.68. The predicted molar refractivity (Wildman–Crippen MR) is 75.8 cm³/mol. The summed E-state index contributed by atoms with van der Waals surface area (Å²) in [6.07, 6.45) is 0. The van der Waals surface area contributed by atoms with Gasteiger partial charge in [-0.25, -0.2) is 0 Å².